The molecule has 6 fully saturated rings. The van der Waals surface area contributed by atoms with E-state index >= 15 is 0 Å². The molecule has 7 bridgehead atoms. The van der Waals surface area contributed by atoms with Crippen LogP contribution in [0.15, 0.2) is 30.3 Å². The first kappa shape index (κ1) is 27.3. The molecule has 13 atom stereocenters. The summed E-state index contributed by atoms with van der Waals surface area (Å²) in [6, 6.07) is 8.59. The van der Waals surface area contributed by atoms with Gasteiger partial charge in [-0.3, -0.25) is 4.90 Å². The molecule has 1 heterocycles. The summed E-state index contributed by atoms with van der Waals surface area (Å²) in [7, 11) is 5.03. The molecule has 220 valence electrons. The summed E-state index contributed by atoms with van der Waals surface area (Å²) in [5.74, 6) is -2.22. The summed E-state index contributed by atoms with van der Waals surface area (Å²) in [5, 5.41) is 37.5. The minimum absolute atomic E-state index is 0.235. The molecule has 1 aliphatic heterocycles. The van der Waals surface area contributed by atoms with Gasteiger partial charge in [-0.05, 0) is 37.9 Å². The Kier molecular flexibility index (Phi) is 6.10. The van der Waals surface area contributed by atoms with Crippen molar-refractivity contribution in [2.45, 2.75) is 74.3 Å². The standard InChI is InChI=1S/C31H43NO8/c1-5-32-15-28(16-37-2)12-11-20(33)31-25(28)23(39-4)21(26(31)32)29(40-27(35)17-9-7-6-8-10-17)14-19(38-3)18-13-30(31,36)24(29)22(18)34/h6-10,18-26,33-34,36H,5,11-16H2,1-4H3/t18-,19+,20+,21?,22-,23+,24-,25-,26?,28+,29+,30+,31?/m1/s1. The van der Waals surface area contributed by atoms with Crippen molar-refractivity contribution >= 4 is 5.97 Å². The number of esters is 1. The summed E-state index contributed by atoms with van der Waals surface area (Å²) >= 11 is 0. The van der Waals surface area contributed by atoms with Crippen LogP contribution in [0.5, 0.6) is 0 Å². The van der Waals surface area contributed by atoms with Gasteiger partial charge in [0.05, 0.1) is 48.1 Å². The third-order valence-electron chi connectivity index (χ3n) is 12.4. The second-order valence-corrected chi connectivity index (χ2v) is 13.4. The van der Waals surface area contributed by atoms with Gasteiger partial charge in [0.1, 0.15) is 5.60 Å². The highest BCUT2D eigenvalue weighted by molar-refractivity contribution is 5.89. The molecule has 0 radical (unpaired) electrons. The molecular weight excluding hydrogens is 514 g/mol. The van der Waals surface area contributed by atoms with Crippen LogP contribution < -0.4 is 0 Å². The minimum atomic E-state index is -1.51. The molecule has 1 spiro atoms. The third-order valence-corrected chi connectivity index (χ3v) is 12.4. The van der Waals surface area contributed by atoms with E-state index in [0.29, 0.717) is 31.6 Å². The average Bonchev–Trinajstić information content (AvgIpc) is 3.33. The van der Waals surface area contributed by atoms with E-state index in [1.165, 1.54) is 0 Å². The largest absolute Gasteiger partial charge is 0.454 e. The van der Waals surface area contributed by atoms with E-state index in [1.807, 2.05) is 6.07 Å². The van der Waals surface area contributed by atoms with Crippen LogP contribution in [0, 0.1) is 34.5 Å². The molecule has 1 saturated heterocycles. The van der Waals surface area contributed by atoms with Gasteiger partial charge in [-0.1, -0.05) is 25.1 Å². The fraction of sp³-hybridized carbons (Fsp3) is 0.774. The molecule has 1 aromatic rings. The van der Waals surface area contributed by atoms with Gasteiger partial charge in [0, 0.05) is 68.9 Å². The van der Waals surface area contributed by atoms with Gasteiger partial charge < -0.3 is 34.3 Å². The molecule has 5 saturated carbocycles. The van der Waals surface area contributed by atoms with Crippen LogP contribution in [0.3, 0.4) is 0 Å². The summed E-state index contributed by atoms with van der Waals surface area (Å²) in [6.45, 7) is 4.04. The molecule has 9 nitrogen and oxygen atoms in total. The van der Waals surface area contributed by atoms with Crippen molar-refractivity contribution in [3.8, 4) is 0 Å². The molecule has 5 aliphatic carbocycles. The van der Waals surface area contributed by atoms with Crippen molar-refractivity contribution in [2.75, 3.05) is 41.0 Å². The SMILES string of the molecule is CCN1C[C@]2(COC)CC[C@H](O)C34C1C([C@H](OC)[C@@H]32)[C@@]1(OC(=O)c2ccccc2)C[C@H](OC)[C@H]2C[C@]4(O)[C@@H]1[C@@H]2O. The van der Waals surface area contributed by atoms with E-state index in [1.54, 1.807) is 45.6 Å². The zero-order valence-corrected chi connectivity index (χ0v) is 23.9. The van der Waals surface area contributed by atoms with E-state index in [-0.39, 0.29) is 29.7 Å². The molecule has 0 aromatic heterocycles. The van der Waals surface area contributed by atoms with Crippen LogP contribution in [0.25, 0.3) is 0 Å². The van der Waals surface area contributed by atoms with Crippen LogP contribution in [-0.4, -0.2) is 109 Å². The molecule has 9 heteroatoms. The maximum atomic E-state index is 13.9. The summed E-state index contributed by atoms with van der Waals surface area (Å²) in [6.07, 6.45) is -0.690. The number of benzene rings is 1. The Balaban J connectivity index is 1.51. The highest BCUT2D eigenvalue weighted by Crippen LogP contribution is 2.80. The fourth-order valence-electron chi connectivity index (χ4n) is 11.7. The van der Waals surface area contributed by atoms with Crippen LogP contribution >= 0.6 is 0 Å². The Morgan fingerprint density at radius 1 is 1.07 bits per heavy atom. The van der Waals surface area contributed by atoms with Gasteiger partial charge in [-0.25, -0.2) is 4.79 Å². The lowest BCUT2D eigenvalue weighted by Crippen LogP contribution is -2.82. The quantitative estimate of drug-likeness (QED) is 0.429. The molecule has 3 N–H and O–H groups in total. The fourth-order valence-corrected chi connectivity index (χ4v) is 11.7. The number of aliphatic hydroxyl groups is 3. The second kappa shape index (κ2) is 8.96. The van der Waals surface area contributed by atoms with Crippen molar-refractivity contribution in [1.82, 2.24) is 4.90 Å². The number of rotatable bonds is 7. The maximum Gasteiger partial charge on any atom is 0.338 e. The summed E-state index contributed by atoms with van der Waals surface area (Å²) < 4.78 is 25.0. The normalized spacial score (nSPS) is 52.0. The Bertz CT molecular complexity index is 1170. The Hall–Kier alpha value is -1.59. The smallest absolute Gasteiger partial charge is 0.338 e. The number of fused-ring (bicyclic) bond motifs is 2. The second-order valence-electron chi connectivity index (χ2n) is 13.4. The molecular formula is C31H43NO8. The monoisotopic (exact) mass is 557 g/mol. The van der Waals surface area contributed by atoms with E-state index in [0.717, 1.165) is 13.0 Å². The van der Waals surface area contributed by atoms with Crippen LogP contribution in [-0.2, 0) is 18.9 Å². The van der Waals surface area contributed by atoms with Crippen molar-refractivity contribution in [3.05, 3.63) is 35.9 Å². The molecule has 7 rings (SSSR count). The number of carbonyl (C=O) groups is 1. The Morgan fingerprint density at radius 3 is 2.48 bits per heavy atom. The van der Waals surface area contributed by atoms with Crippen molar-refractivity contribution in [2.24, 2.45) is 34.5 Å². The summed E-state index contributed by atoms with van der Waals surface area (Å²) in [5.41, 5.74) is -3.69. The van der Waals surface area contributed by atoms with E-state index in [9.17, 15) is 20.1 Å². The molecule has 6 aliphatic rings. The number of carbonyl (C=O) groups excluding carboxylic acids is 1. The number of hydrogen-bond donors (Lipinski definition) is 3. The number of methoxy groups -OCH3 is 3. The first-order valence-corrected chi connectivity index (χ1v) is 14.9. The molecule has 1 aromatic carbocycles. The summed E-state index contributed by atoms with van der Waals surface area (Å²) in [4.78, 5) is 16.3. The third kappa shape index (κ3) is 2.90. The number of ether oxygens (including phenoxy) is 4. The highest BCUT2D eigenvalue weighted by atomic mass is 16.6. The lowest BCUT2D eigenvalue weighted by atomic mass is 9.41. The van der Waals surface area contributed by atoms with Gasteiger partial charge in [0.25, 0.3) is 0 Å². The van der Waals surface area contributed by atoms with Gasteiger partial charge in [0.2, 0.25) is 0 Å². The molecule has 3 unspecified atom stereocenters. The van der Waals surface area contributed by atoms with Crippen molar-refractivity contribution < 1.29 is 39.1 Å². The Morgan fingerprint density at radius 2 is 1.82 bits per heavy atom. The number of nitrogens with zero attached hydrogens (tertiary/aromatic N) is 1. The number of likely N-dealkylation sites (tertiary alicyclic amines) is 1. The van der Waals surface area contributed by atoms with E-state index < -0.39 is 58.8 Å². The van der Waals surface area contributed by atoms with Gasteiger partial charge in [-0.15, -0.1) is 0 Å². The van der Waals surface area contributed by atoms with Crippen LogP contribution in [0.2, 0.25) is 0 Å². The minimum Gasteiger partial charge on any atom is -0.454 e. The average molecular weight is 558 g/mol. The van der Waals surface area contributed by atoms with Crippen molar-refractivity contribution in [1.29, 1.82) is 0 Å². The zero-order valence-electron chi connectivity index (χ0n) is 23.9. The van der Waals surface area contributed by atoms with Crippen LogP contribution in [0.1, 0.15) is 43.0 Å². The van der Waals surface area contributed by atoms with Gasteiger partial charge in [-0.2, -0.15) is 0 Å². The van der Waals surface area contributed by atoms with E-state index in [4.69, 9.17) is 18.9 Å². The number of piperidine rings is 1. The highest BCUT2D eigenvalue weighted by Gasteiger charge is 2.91. The van der Waals surface area contributed by atoms with Crippen LogP contribution in [0.4, 0.5) is 0 Å². The lowest BCUT2D eigenvalue weighted by molar-refractivity contribution is -0.324. The first-order chi connectivity index (χ1) is 19.2. The maximum absolute atomic E-state index is 13.9. The van der Waals surface area contributed by atoms with Gasteiger partial charge >= 0.3 is 5.97 Å². The molecule has 0 amide bonds. The predicted octanol–water partition coefficient (Wildman–Crippen LogP) is 1.48. The number of aliphatic hydroxyl groups excluding tert-OH is 2. The topological polar surface area (TPSA) is 118 Å². The van der Waals surface area contributed by atoms with E-state index in [2.05, 4.69) is 11.8 Å². The molecule has 40 heavy (non-hydrogen) atoms. The zero-order chi connectivity index (χ0) is 28.2. The lowest BCUT2D eigenvalue weighted by Gasteiger charge is -2.71. The predicted molar refractivity (Wildman–Crippen MR) is 143 cm³/mol. The number of hydrogen-bond acceptors (Lipinski definition) is 9. The Labute approximate surface area is 235 Å². The first-order valence-electron chi connectivity index (χ1n) is 14.9. The van der Waals surface area contributed by atoms with Gasteiger partial charge in [0.15, 0.2) is 0 Å². The van der Waals surface area contributed by atoms with Crippen molar-refractivity contribution in [3.63, 3.8) is 0 Å².